The van der Waals surface area contributed by atoms with Crippen molar-refractivity contribution in [3.63, 3.8) is 0 Å². The molecule has 0 amide bonds. The third kappa shape index (κ3) is 1.88. The van der Waals surface area contributed by atoms with Gasteiger partial charge in [0.15, 0.2) is 0 Å². The number of fused-ring (bicyclic) bond motifs is 1. The molecule has 90 valence electrons. The zero-order valence-corrected chi connectivity index (χ0v) is 10.5. The number of alkyl halides is 1. The van der Waals surface area contributed by atoms with Crippen molar-refractivity contribution in [2.45, 2.75) is 25.9 Å². The van der Waals surface area contributed by atoms with Crippen molar-refractivity contribution in [1.29, 1.82) is 0 Å². The number of aromatic nitrogens is 2. The molecule has 0 aromatic carbocycles. The Bertz CT molecular complexity index is 540. The van der Waals surface area contributed by atoms with Gasteiger partial charge in [0.25, 0.3) is 0 Å². The molecule has 3 heterocycles. The highest BCUT2D eigenvalue weighted by molar-refractivity contribution is 7.18. The van der Waals surface area contributed by atoms with Crippen LogP contribution in [0.4, 0.5) is 10.2 Å². The molecule has 1 fully saturated rings. The summed E-state index contributed by atoms with van der Waals surface area (Å²) in [6, 6.07) is 0. The SMILES string of the molecule is Cc1csc2c(N3CCCC(F)C3)ncnc12. The van der Waals surface area contributed by atoms with Crippen LogP contribution in [0.25, 0.3) is 10.2 Å². The number of anilines is 1. The van der Waals surface area contributed by atoms with Crippen LogP contribution in [0.3, 0.4) is 0 Å². The van der Waals surface area contributed by atoms with Crippen LogP contribution in [-0.2, 0) is 0 Å². The fraction of sp³-hybridized carbons (Fsp3) is 0.500. The molecule has 0 saturated carbocycles. The molecule has 1 saturated heterocycles. The zero-order chi connectivity index (χ0) is 11.8. The third-order valence-corrected chi connectivity index (χ3v) is 4.26. The number of rotatable bonds is 1. The normalized spacial score (nSPS) is 21.1. The van der Waals surface area contributed by atoms with Gasteiger partial charge in [-0.15, -0.1) is 11.3 Å². The van der Waals surface area contributed by atoms with Crippen molar-refractivity contribution in [2.75, 3.05) is 18.0 Å². The summed E-state index contributed by atoms with van der Waals surface area (Å²) in [5.41, 5.74) is 2.17. The second kappa shape index (κ2) is 4.22. The molecule has 17 heavy (non-hydrogen) atoms. The first-order chi connectivity index (χ1) is 8.25. The largest absolute Gasteiger partial charge is 0.352 e. The second-order valence-electron chi connectivity index (χ2n) is 4.48. The van der Waals surface area contributed by atoms with Gasteiger partial charge in [-0.3, -0.25) is 0 Å². The number of piperidine rings is 1. The van der Waals surface area contributed by atoms with Crippen molar-refractivity contribution in [1.82, 2.24) is 9.97 Å². The van der Waals surface area contributed by atoms with E-state index in [0.29, 0.717) is 13.0 Å². The molecule has 0 aliphatic carbocycles. The molecule has 5 heteroatoms. The van der Waals surface area contributed by atoms with Crippen molar-refractivity contribution >= 4 is 27.4 Å². The van der Waals surface area contributed by atoms with Gasteiger partial charge >= 0.3 is 0 Å². The molecule has 0 radical (unpaired) electrons. The average Bonchev–Trinajstić information content (AvgIpc) is 2.71. The van der Waals surface area contributed by atoms with E-state index in [1.165, 1.54) is 5.56 Å². The van der Waals surface area contributed by atoms with Gasteiger partial charge in [0.1, 0.15) is 18.3 Å². The number of halogens is 1. The van der Waals surface area contributed by atoms with Crippen LogP contribution in [0.2, 0.25) is 0 Å². The summed E-state index contributed by atoms with van der Waals surface area (Å²) in [4.78, 5) is 10.7. The number of hydrogen-bond acceptors (Lipinski definition) is 4. The molecule has 3 nitrogen and oxygen atoms in total. The van der Waals surface area contributed by atoms with Crippen LogP contribution in [0.1, 0.15) is 18.4 Å². The maximum Gasteiger partial charge on any atom is 0.150 e. The lowest BCUT2D eigenvalue weighted by Crippen LogP contribution is -2.36. The molecule has 0 bridgehead atoms. The molecule has 3 rings (SSSR count). The van der Waals surface area contributed by atoms with Crippen molar-refractivity contribution in [3.8, 4) is 0 Å². The summed E-state index contributed by atoms with van der Waals surface area (Å²) in [6.45, 7) is 3.40. The molecule has 1 aliphatic heterocycles. The van der Waals surface area contributed by atoms with Gasteiger partial charge < -0.3 is 4.90 Å². The smallest absolute Gasteiger partial charge is 0.150 e. The Morgan fingerprint density at radius 2 is 2.35 bits per heavy atom. The van der Waals surface area contributed by atoms with E-state index in [0.717, 1.165) is 29.0 Å². The zero-order valence-electron chi connectivity index (χ0n) is 9.69. The second-order valence-corrected chi connectivity index (χ2v) is 5.36. The van der Waals surface area contributed by atoms with E-state index in [2.05, 4.69) is 15.3 Å². The van der Waals surface area contributed by atoms with Crippen LogP contribution in [-0.4, -0.2) is 29.2 Å². The first-order valence-electron chi connectivity index (χ1n) is 5.83. The standard InChI is InChI=1S/C12H14FN3S/c1-8-6-17-11-10(8)14-7-15-12(11)16-4-2-3-9(13)5-16/h6-7,9H,2-5H2,1H3. The first-order valence-corrected chi connectivity index (χ1v) is 6.71. The van der Waals surface area contributed by atoms with Gasteiger partial charge in [0.05, 0.1) is 16.8 Å². The van der Waals surface area contributed by atoms with Gasteiger partial charge in [-0.05, 0) is 30.7 Å². The first kappa shape index (κ1) is 10.9. The summed E-state index contributed by atoms with van der Waals surface area (Å²) < 4.78 is 14.5. The van der Waals surface area contributed by atoms with E-state index in [1.807, 2.05) is 11.8 Å². The Kier molecular flexibility index (Phi) is 2.70. The number of hydrogen-bond donors (Lipinski definition) is 0. The van der Waals surface area contributed by atoms with Gasteiger partial charge in [0.2, 0.25) is 0 Å². The van der Waals surface area contributed by atoms with Gasteiger partial charge in [-0.1, -0.05) is 0 Å². The number of nitrogens with zero attached hydrogens (tertiary/aromatic N) is 3. The van der Waals surface area contributed by atoms with Gasteiger partial charge in [-0.25, -0.2) is 14.4 Å². The van der Waals surface area contributed by atoms with E-state index in [-0.39, 0.29) is 0 Å². The summed E-state index contributed by atoms with van der Waals surface area (Å²) in [5.74, 6) is 0.899. The Morgan fingerprint density at radius 1 is 1.47 bits per heavy atom. The predicted octanol–water partition coefficient (Wildman–Crippen LogP) is 2.94. The lowest BCUT2D eigenvalue weighted by Gasteiger charge is -2.30. The van der Waals surface area contributed by atoms with E-state index < -0.39 is 6.17 Å². The highest BCUT2D eigenvalue weighted by Crippen LogP contribution is 2.32. The summed E-state index contributed by atoms with van der Waals surface area (Å²) in [6.07, 6.45) is 2.43. The predicted molar refractivity (Wildman–Crippen MR) is 68.5 cm³/mol. The van der Waals surface area contributed by atoms with Crippen LogP contribution in [0.5, 0.6) is 0 Å². The van der Waals surface area contributed by atoms with Crippen LogP contribution >= 0.6 is 11.3 Å². The Labute approximate surface area is 103 Å². The fourth-order valence-electron chi connectivity index (χ4n) is 2.30. The van der Waals surface area contributed by atoms with E-state index in [4.69, 9.17) is 0 Å². The highest BCUT2D eigenvalue weighted by atomic mass is 32.1. The molecule has 1 atom stereocenters. The molecule has 0 spiro atoms. The quantitative estimate of drug-likeness (QED) is 0.780. The Hall–Kier alpha value is -1.23. The van der Waals surface area contributed by atoms with Gasteiger partial charge in [-0.2, -0.15) is 0 Å². The van der Waals surface area contributed by atoms with Crippen molar-refractivity contribution in [2.24, 2.45) is 0 Å². The maximum absolute atomic E-state index is 13.4. The minimum Gasteiger partial charge on any atom is -0.352 e. The van der Waals surface area contributed by atoms with Crippen molar-refractivity contribution in [3.05, 3.63) is 17.3 Å². The van der Waals surface area contributed by atoms with Crippen molar-refractivity contribution < 1.29 is 4.39 Å². The maximum atomic E-state index is 13.4. The molecule has 1 unspecified atom stereocenters. The minimum absolute atomic E-state index is 0.461. The Morgan fingerprint density at radius 3 is 3.18 bits per heavy atom. The molecular formula is C12H14FN3S. The number of aryl methyl sites for hydroxylation is 1. The summed E-state index contributed by atoms with van der Waals surface area (Å²) in [5, 5.41) is 2.08. The van der Waals surface area contributed by atoms with Crippen LogP contribution in [0.15, 0.2) is 11.7 Å². The summed E-state index contributed by atoms with van der Waals surface area (Å²) >= 11 is 1.65. The lowest BCUT2D eigenvalue weighted by molar-refractivity contribution is 0.286. The lowest BCUT2D eigenvalue weighted by atomic mass is 10.1. The van der Waals surface area contributed by atoms with E-state index in [9.17, 15) is 4.39 Å². The monoisotopic (exact) mass is 251 g/mol. The fourth-order valence-corrected chi connectivity index (χ4v) is 3.32. The molecule has 2 aromatic rings. The number of thiophene rings is 1. The Balaban J connectivity index is 2.04. The third-order valence-electron chi connectivity index (χ3n) is 3.18. The van der Waals surface area contributed by atoms with E-state index >= 15 is 0 Å². The molecule has 0 N–H and O–H groups in total. The highest BCUT2D eigenvalue weighted by Gasteiger charge is 2.22. The molecule has 2 aromatic heterocycles. The average molecular weight is 251 g/mol. The topological polar surface area (TPSA) is 29.0 Å². The van der Waals surface area contributed by atoms with E-state index in [1.54, 1.807) is 17.7 Å². The molecular weight excluding hydrogens is 237 g/mol. The minimum atomic E-state index is -0.727. The van der Waals surface area contributed by atoms with Crippen LogP contribution < -0.4 is 4.90 Å². The molecule has 1 aliphatic rings. The van der Waals surface area contributed by atoms with Crippen LogP contribution in [0, 0.1) is 6.92 Å². The van der Waals surface area contributed by atoms with Gasteiger partial charge in [0, 0.05) is 6.54 Å². The summed E-state index contributed by atoms with van der Waals surface area (Å²) in [7, 11) is 0.